The van der Waals surface area contributed by atoms with Crippen LogP contribution in [0.1, 0.15) is 0 Å². The van der Waals surface area contributed by atoms with Crippen LogP contribution in [0.3, 0.4) is 0 Å². The summed E-state index contributed by atoms with van der Waals surface area (Å²) in [5.41, 5.74) is 14.9. The lowest BCUT2D eigenvalue weighted by molar-refractivity contribution is 1.24. The maximum Gasteiger partial charge on any atom is 0.252 e. The quantitative estimate of drug-likeness (QED) is 0.200. The summed E-state index contributed by atoms with van der Waals surface area (Å²) in [5.74, 6) is 0. The SMILES string of the molecule is c1ccc(-c2ccccc2N2c3ccccc3B3c4ccccc4N(c4ccccc4-c4ccccn4)c4cccc2c43)nc1. The zero-order valence-corrected chi connectivity index (χ0v) is 24.5. The van der Waals surface area contributed by atoms with Gasteiger partial charge in [0.15, 0.2) is 0 Å². The van der Waals surface area contributed by atoms with Gasteiger partial charge in [0.2, 0.25) is 0 Å². The van der Waals surface area contributed by atoms with Crippen LogP contribution in [0.15, 0.2) is 164 Å². The molecule has 210 valence electrons. The standard InChI is InChI=1S/C40H27BN4/c1-5-20-34(28(14-1)32-18-9-11-26-42-32)44-36-22-7-3-16-30(36)41-31-17-4-8-23-37(31)45(39-25-13-24-38(44)40(39)41)35-21-6-2-15-29(35)33-19-10-12-27-43-33/h1-27H. The molecule has 2 aliphatic heterocycles. The van der Waals surface area contributed by atoms with Crippen LogP contribution < -0.4 is 26.2 Å². The third-order valence-electron chi connectivity index (χ3n) is 8.98. The molecular formula is C40H27BN4. The molecule has 0 N–H and O–H groups in total. The summed E-state index contributed by atoms with van der Waals surface area (Å²) in [7, 11) is 0. The molecule has 0 radical (unpaired) electrons. The summed E-state index contributed by atoms with van der Waals surface area (Å²) in [4.78, 5) is 14.4. The smallest absolute Gasteiger partial charge is 0.252 e. The van der Waals surface area contributed by atoms with E-state index in [2.05, 4.69) is 149 Å². The molecule has 2 aliphatic rings. The van der Waals surface area contributed by atoms with Crippen molar-refractivity contribution in [3.05, 3.63) is 164 Å². The molecular weight excluding hydrogens is 547 g/mol. The zero-order chi connectivity index (χ0) is 29.7. The highest BCUT2D eigenvalue weighted by Gasteiger charge is 2.43. The molecule has 45 heavy (non-hydrogen) atoms. The van der Waals surface area contributed by atoms with Crippen LogP contribution in [-0.2, 0) is 0 Å². The van der Waals surface area contributed by atoms with E-state index in [-0.39, 0.29) is 6.71 Å². The Bertz CT molecular complexity index is 2050. The van der Waals surface area contributed by atoms with E-state index in [9.17, 15) is 0 Å². The average molecular weight is 574 g/mol. The van der Waals surface area contributed by atoms with Gasteiger partial charge >= 0.3 is 0 Å². The summed E-state index contributed by atoms with van der Waals surface area (Å²) in [6.45, 7) is 0.0834. The Morgan fingerprint density at radius 2 is 0.756 bits per heavy atom. The van der Waals surface area contributed by atoms with Crippen molar-refractivity contribution < 1.29 is 0 Å². The van der Waals surface area contributed by atoms with Crippen molar-refractivity contribution in [2.75, 3.05) is 9.80 Å². The monoisotopic (exact) mass is 574 g/mol. The molecule has 0 atom stereocenters. The normalized spacial score (nSPS) is 12.8. The second-order valence-corrected chi connectivity index (χ2v) is 11.4. The fraction of sp³-hybridized carbons (Fsp3) is 0. The summed E-state index contributed by atoms with van der Waals surface area (Å²) in [6, 6.07) is 53.9. The minimum absolute atomic E-state index is 0.0834. The van der Waals surface area contributed by atoms with E-state index in [1.807, 2.05) is 24.5 Å². The Hall–Kier alpha value is -5.94. The van der Waals surface area contributed by atoms with Crippen molar-refractivity contribution in [1.82, 2.24) is 9.97 Å². The van der Waals surface area contributed by atoms with Crippen LogP contribution in [0.5, 0.6) is 0 Å². The van der Waals surface area contributed by atoms with E-state index in [0.29, 0.717) is 0 Å². The van der Waals surface area contributed by atoms with Gasteiger partial charge in [-0.3, -0.25) is 9.97 Å². The highest BCUT2D eigenvalue weighted by Crippen LogP contribution is 2.47. The van der Waals surface area contributed by atoms with Crippen LogP contribution in [0.4, 0.5) is 34.1 Å². The Morgan fingerprint density at radius 3 is 1.22 bits per heavy atom. The van der Waals surface area contributed by atoms with Crippen molar-refractivity contribution >= 4 is 57.2 Å². The summed E-state index contributed by atoms with van der Waals surface area (Å²) in [6.07, 6.45) is 3.73. The van der Waals surface area contributed by atoms with Crippen LogP contribution in [0.2, 0.25) is 0 Å². The fourth-order valence-corrected chi connectivity index (χ4v) is 7.17. The minimum Gasteiger partial charge on any atom is -0.311 e. The number of anilines is 6. The van der Waals surface area contributed by atoms with E-state index in [1.54, 1.807) is 0 Å². The number of pyridine rings is 2. The van der Waals surface area contributed by atoms with E-state index >= 15 is 0 Å². The van der Waals surface area contributed by atoms with Gasteiger partial charge in [-0.2, -0.15) is 0 Å². The maximum absolute atomic E-state index is 4.76. The molecule has 5 heteroatoms. The van der Waals surface area contributed by atoms with Gasteiger partial charge < -0.3 is 9.80 Å². The largest absolute Gasteiger partial charge is 0.311 e. The molecule has 0 saturated heterocycles. The number of aromatic nitrogens is 2. The predicted molar refractivity (Wildman–Crippen MR) is 187 cm³/mol. The van der Waals surface area contributed by atoms with Gasteiger partial charge in [0.25, 0.3) is 6.71 Å². The minimum atomic E-state index is 0.0834. The first-order valence-electron chi connectivity index (χ1n) is 15.3. The van der Waals surface area contributed by atoms with Crippen molar-refractivity contribution in [3.8, 4) is 22.5 Å². The summed E-state index contributed by atoms with van der Waals surface area (Å²) >= 11 is 0. The number of hydrogen-bond donors (Lipinski definition) is 0. The lowest BCUT2D eigenvalue weighted by atomic mass is 9.33. The Labute approximate surface area is 263 Å². The number of nitrogens with zero attached hydrogens (tertiary/aromatic N) is 4. The van der Waals surface area contributed by atoms with Crippen LogP contribution in [-0.4, -0.2) is 16.7 Å². The topological polar surface area (TPSA) is 32.3 Å². The summed E-state index contributed by atoms with van der Waals surface area (Å²) < 4.78 is 0. The number of hydrogen-bond acceptors (Lipinski definition) is 4. The molecule has 0 bridgehead atoms. The lowest BCUT2D eigenvalue weighted by Gasteiger charge is -2.44. The highest BCUT2D eigenvalue weighted by molar-refractivity contribution is 7.00. The van der Waals surface area contributed by atoms with Gasteiger partial charge in [0.1, 0.15) is 0 Å². The maximum atomic E-state index is 4.76. The number of para-hydroxylation sites is 4. The molecule has 9 rings (SSSR count). The van der Waals surface area contributed by atoms with Crippen molar-refractivity contribution in [1.29, 1.82) is 0 Å². The molecule has 0 amide bonds. The Morgan fingerprint density at radius 1 is 0.356 bits per heavy atom. The van der Waals surface area contributed by atoms with Crippen molar-refractivity contribution in [2.45, 2.75) is 0 Å². The highest BCUT2D eigenvalue weighted by atomic mass is 15.2. The lowest BCUT2D eigenvalue weighted by Crippen LogP contribution is -2.61. The predicted octanol–water partition coefficient (Wildman–Crippen LogP) is 7.89. The zero-order valence-electron chi connectivity index (χ0n) is 24.5. The van der Waals surface area contributed by atoms with Crippen LogP contribution >= 0.6 is 0 Å². The average Bonchev–Trinajstić information content (AvgIpc) is 3.12. The molecule has 0 aliphatic carbocycles. The second-order valence-electron chi connectivity index (χ2n) is 11.4. The fourth-order valence-electron chi connectivity index (χ4n) is 7.17. The first-order valence-corrected chi connectivity index (χ1v) is 15.3. The van der Waals surface area contributed by atoms with Crippen LogP contribution in [0, 0.1) is 0 Å². The van der Waals surface area contributed by atoms with Crippen molar-refractivity contribution in [3.63, 3.8) is 0 Å². The van der Waals surface area contributed by atoms with Gasteiger partial charge in [-0.15, -0.1) is 0 Å². The van der Waals surface area contributed by atoms with Gasteiger partial charge in [-0.1, -0.05) is 91.0 Å². The van der Waals surface area contributed by atoms with Gasteiger partial charge in [0, 0.05) is 46.3 Å². The molecule has 4 heterocycles. The molecule has 0 unspecified atom stereocenters. The second kappa shape index (κ2) is 10.4. The summed E-state index contributed by atoms with van der Waals surface area (Å²) in [5, 5.41) is 0. The number of rotatable bonds is 4. The van der Waals surface area contributed by atoms with Crippen LogP contribution in [0.25, 0.3) is 22.5 Å². The van der Waals surface area contributed by atoms with E-state index in [4.69, 9.17) is 9.97 Å². The first kappa shape index (κ1) is 25.6. The van der Waals surface area contributed by atoms with Crippen molar-refractivity contribution in [2.24, 2.45) is 0 Å². The molecule has 2 aromatic heterocycles. The van der Waals surface area contributed by atoms with Gasteiger partial charge in [0.05, 0.1) is 22.8 Å². The van der Waals surface area contributed by atoms with E-state index in [0.717, 1.165) is 33.9 Å². The molecule has 0 spiro atoms. The molecule has 7 aromatic rings. The molecule has 0 fully saturated rings. The number of benzene rings is 5. The molecule has 5 aromatic carbocycles. The third kappa shape index (κ3) is 3.94. The Balaban J connectivity index is 1.34. The Kier molecular flexibility index (Phi) is 5.88. The van der Waals surface area contributed by atoms with E-state index in [1.165, 1.54) is 39.1 Å². The van der Waals surface area contributed by atoms with Gasteiger partial charge in [-0.05, 0) is 77.1 Å². The first-order chi connectivity index (χ1) is 22.4. The van der Waals surface area contributed by atoms with E-state index < -0.39 is 0 Å². The van der Waals surface area contributed by atoms with Gasteiger partial charge in [-0.25, -0.2) is 0 Å². The molecule has 0 saturated carbocycles. The third-order valence-corrected chi connectivity index (χ3v) is 8.98. The molecule has 4 nitrogen and oxygen atoms in total. The number of fused-ring (bicyclic) bond motifs is 4.